The quantitative estimate of drug-likeness (QED) is 0.849. The highest BCUT2D eigenvalue weighted by atomic mass is 16.8. The van der Waals surface area contributed by atoms with Gasteiger partial charge in [0.15, 0.2) is 5.79 Å². The molecule has 2 heterocycles. The fourth-order valence-electron chi connectivity index (χ4n) is 2.97. The maximum Gasteiger partial charge on any atom is 0.223 e. The second-order valence-corrected chi connectivity index (χ2v) is 6.48. The molecule has 7 nitrogen and oxygen atoms in total. The summed E-state index contributed by atoms with van der Waals surface area (Å²) in [6.45, 7) is 5.20. The Morgan fingerprint density at radius 2 is 2.04 bits per heavy atom. The van der Waals surface area contributed by atoms with E-state index in [2.05, 4.69) is 5.32 Å². The third kappa shape index (κ3) is 3.70. The predicted octanol–water partition coefficient (Wildman–Crippen LogP) is 0.807. The molecule has 2 saturated heterocycles. The van der Waals surface area contributed by atoms with Crippen LogP contribution in [0.3, 0.4) is 0 Å². The van der Waals surface area contributed by atoms with Crippen LogP contribution in [-0.4, -0.2) is 54.1 Å². The molecule has 2 aliphatic rings. The lowest BCUT2D eigenvalue weighted by atomic mass is 9.95. The van der Waals surface area contributed by atoms with Crippen molar-refractivity contribution in [3.05, 3.63) is 30.3 Å². The van der Waals surface area contributed by atoms with E-state index < -0.39 is 36.4 Å². The first-order chi connectivity index (χ1) is 11.4. The zero-order chi connectivity index (χ0) is 17.3. The molecule has 24 heavy (non-hydrogen) atoms. The van der Waals surface area contributed by atoms with Gasteiger partial charge >= 0.3 is 0 Å². The summed E-state index contributed by atoms with van der Waals surface area (Å²) < 4.78 is 23.1. The van der Waals surface area contributed by atoms with Crippen LogP contribution in [0.25, 0.3) is 0 Å². The van der Waals surface area contributed by atoms with Crippen LogP contribution in [0, 0.1) is 0 Å². The minimum absolute atomic E-state index is 0.274. The first-order valence-corrected chi connectivity index (χ1v) is 8.00. The van der Waals surface area contributed by atoms with Crippen molar-refractivity contribution in [2.45, 2.75) is 57.2 Å². The molecule has 2 fully saturated rings. The Morgan fingerprint density at radius 3 is 2.71 bits per heavy atom. The Balaban J connectivity index is 1.81. The lowest BCUT2D eigenvalue weighted by Crippen LogP contribution is -2.69. The van der Waals surface area contributed by atoms with Crippen molar-refractivity contribution in [2.75, 3.05) is 6.61 Å². The van der Waals surface area contributed by atoms with Crippen molar-refractivity contribution < 1.29 is 28.8 Å². The summed E-state index contributed by atoms with van der Waals surface area (Å²) in [6.07, 6.45) is -2.92. The van der Waals surface area contributed by atoms with E-state index in [1.165, 1.54) is 6.92 Å². The predicted molar refractivity (Wildman–Crippen MR) is 84.2 cm³/mol. The van der Waals surface area contributed by atoms with Crippen LogP contribution in [0.2, 0.25) is 0 Å². The number of ether oxygens (including phenoxy) is 4. The largest absolute Gasteiger partial charge is 0.463 e. The molecule has 1 aromatic carbocycles. The number of hydrogen-bond donors (Lipinski definition) is 2. The van der Waals surface area contributed by atoms with Gasteiger partial charge in [0.25, 0.3) is 0 Å². The molecule has 5 atom stereocenters. The topological polar surface area (TPSA) is 86.3 Å². The van der Waals surface area contributed by atoms with E-state index >= 15 is 0 Å². The lowest BCUT2D eigenvalue weighted by molar-refractivity contribution is -0.361. The number of hydrogen-bond acceptors (Lipinski definition) is 6. The molecule has 1 aromatic rings. The van der Waals surface area contributed by atoms with Gasteiger partial charge in [-0.1, -0.05) is 18.2 Å². The van der Waals surface area contributed by atoms with Crippen molar-refractivity contribution in [2.24, 2.45) is 0 Å². The number of aliphatic hydroxyl groups is 1. The van der Waals surface area contributed by atoms with E-state index in [0.717, 1.165) is 0 Å². The van der Waals surface area contributed by atoms with Gasteiger partial charge in [0.1, 0.15) is 30.1 Å². The Labute approximate surface area is 140 Å². The normalized spacial score (nSPS) is 34.9. The number of carbonyl (C=O) groups excluding carboxylic acids is 1. The Kier molecular flexibility index (Phi) is 4.78. The average molecular weight is 337 g/mol. The summed E-state index contributed by atoms with van der Waals surface area (Å²) >= 11 is 0. The molecule has 1 amide bonds. The van der Waals surface area contributed by atoms with Crippen LogP contribution in [0.5, 0.6) is 5.75 Å². The molecule has 0 aromatic heterocycles. The molecule has 0 bridgehead atoms. The molecule has 7 heteroatoms. The molecule has 0 unspecified atom stereocenters. The van der Waals surface area contributed by atoms with E-state index in [-0.39, 0.29) is 12.5 Å². The number of nitrogens with one attached hydrogen (secondary N) is 1. The Morgan fingerprint density at radius 1 is 1.33 bits per heavy atom. The van der Waals surface area contributed by atoms with Gasteiger partial charge < -0.3 is 29.4 Å². The van der Waals surface area contributed by atoms with Gasteiger partial charge in [-0.15, -0.1) is 0 Å². The molecule has 3 rings (SSSR count). The fourth-order valence-corrected chi connectivity index (χ4v) is 2.97. The highest BCUT2D eigenvalue weighted by molar-refractivity contribution is 5.73. The summed E-state index contributed by atoms with van der Waals surface area (Å²) in [7, 11) is 0. The van der Waals surface area contributed by atoms with Gasteiger partial charge in [0, 0.05) is 6.92 Å². The Bertz CT molecular complexity index is 578. The Hall–Kier alpha value is -1.67. The van der Waals surface area contributed by atoms with Crippen LogP contribution in [-0.2, 0) is 19.0 Å². The summed E-state index contributed by atoms with van der Waals surface area (Å²) in [5.74, 6) is -0.519. The summed E-state index contributed by atoms with van der Waals surface area (Å²) in [5.41, 5.74) is 0. The van der Waals surface area contributed by atoms with Gasteiger partial charge in [-0.3, -0.25) is 4.79 Å². The first-order valence-electron chi connectivity index (χ1n) is 8.00. The number of para-hydroxylation sites is 1. The summed E-state index contributed by atoms with van der Waals surface area (Å²) in [6, 6.07) is 8.35. The molecule has 2 aliphatic heterocycles. The van der Waals surface area contributed by atoms with Crippen LogP contribution in [0.1, 0.15) is 20.8 Å². The third-order valence-corrected chi connectivity index (χ3v) is 4.05. The third-order valence-electron chi connectivity index (χ3n) is 4.05. The highest BCUT2D eigenvalue weighted by Gasteiger charge is 2.52. The number of amides is 1. The molecule has 0 aliphatic carbocycles. The van der Waals surface area contributed by atoms with Crippen molar-refractivity contribution >= 4 is 5.91 Å². The van der Waals surface area contributed by atoms with Crippen LogP contribution in [0.4, 0.5) is 0 Å². The van der Waals surface area contributed by atoms with Crippen LogP contribution in [0.15, 0.2) is 30.3 Å². The lowest BCUT2D eigenvalue weighted by Gasteiger charge is -2.49. The molecule has 132 valence electrons. The van der Waals surface area contributed by atoms with E-state index in [1.54, 1.807) is 26.0 Å². The number of aliphatic hydroxyl groups excluding tert-OH is 1. The van der Waals surface area contributed by atoms with Crippen molar-refractivity contribution in [1.29, 1.82) is 0 Å². The van der Waals surface area contributed by atoms with Crippen molar-refractivity contribution in [3.63, 3.8) is 0 Å². The van der Waals surface area contributed by atoms with E-state index in [1.807, 2.05) is 18.2 Å². The molecule has 2 N–H and O–H groups in total. The minimum atomic E-state index is -0.982. The molecule has 0 spiro atoms. The monoisotopic (exact) mass is 337 g/mol. The molecule has 0 radical (unpaired) electrons. The summed E-state index contributed by atoms with van der Waals surface area (Å²) in [5, 5.41) is 13.4. The number of benzene rings is 1. The van der Waals surface area contributed by atoms with E-state index in [0.29, 0.717) is 5.75 Å². The number of rotatable bonds is 3. The zero-order valence-corrected chi connectivity index (χ0v) is 14.0. The standard InChI is InChI=1S/C17H23NO6/c1-10(19)18-13-14(20)15-12(9-21-17(2,3)24-15)23-16(13)22-11-7-5-4-6-8-11/h4-8,12-16,20H,9H2,1-3H3,(H,18,19)/t12-,13+,14+,15+,16-/m0/s1. The molecule has 0 saturated carbocycles. The van der Waals surface area contributed by atoms with E-state index in [4.69, 9.17) is 18.9 Å². The second-order valence-electron chi connectivity index (χ2n) is 6.48. The summed E-state index contributed by atoms with van der Waals surface area (Å²) in [4.78, 5) is 11.5. The van der Waals surface area contributed by atoms with Crippen LogP contribution < -0.4 is 10.1 Å². The number of carbonyl (C=O) groups is 1. The maximum atomic E-state index is 11.5. The SMILES string of the molecule is CC(=O)N[C@H]1[C@@H](Oc2ccccc2)O[C@H]2COC(C)(C)O[C@H]2[C@@H]1O. The fraction of sp³-hybridized carbons (Fsp3) is 0.588. The van der Waals surface area contributed by atoms with Crippen molar-refractivity contribution in [3.8, 4) is 5.75 Å². The number of fused-ring (bicyclic) bond motifs is 1. The molecular weight excluding hydrogens is 314 g/mol. The smallest absolute Gasteiger partial charge is 0.223 e. The van der Waals surface area contributed by atoms with E-state index in [9.17, 15) is 9.90 Å². The van der Waals surface area contributed by atoms with Gasteiger partial charge in [-0.05, 0) is 26.0 Å². The molecular formula is C17H23NO6. The second kappa shape index (κ2) is 6.68. The minimum Gasteiger partial charge on any atom is -0.463 e. The van der Waals surface area contributed by atoms with Gasteiger partial charge in [0.2, 0.25) is 12.2 Å². The highest BCUT2D eigenvalue weighted by Crippen LogP contribution is 2.33. The van der Waals surface area contributed by atoms with Gasteiger partial charge in [-0.25, -0.2) is 0 Å². The average Bonchev–Trinajstić information content (AvgIpc) is 2.52. The van der Waals surface area contributed by atoms with Crippen LogP contribution >= 0.6 is 0 Å². The zero-order valence-electron chi connectivity index (χ0n) is 14.0. The first kappa shape index (κ1) is 17.2. The van der Waals surface area contributed by atoms with Gasteiger partial charge in [0.05, 0.1) is 6.61 Å². The van der Waals surface area contributed by atoms with Crippen molar-refractivity contribution in [1.82, 2.24) is 5.32 Å². The maximum absolute atomic E-state index is 11.5. The van der Waals surface area contributed by atoms with Gasteiger partial charge in [-0.2, -0.15) is 0 Å².